The summed E-state index contributed by atoms with van der Waals surface area (Å²) in [6.07, 6.45) is 0. The van der Waals surface area contributed by atoms with Gasteiger partial charge in [-0.15, -0.1) is 0 Å². The predicted octanol–water partition coefficient (Wildman–Crippen LogP) is 5.26. The molecule has 27 heavy (non-hydrogen) atoms. The molecule has 0 aromatic heterocycles. The first kappa shape index (κ1) is 19.4. The van der Waals surface area contributed by atoms with Crippen LogP contribution in [0, 0.1) is 11.7 Å². The van der Waals surface area contributed by atoms with Crippen LogP contribution in [0.4, 0.5) is 10.1 Å². The SMILES string of the molecule is CC(C)C(=O)C1=C(O)C(=O)N(c2cc(Cl)cc(Cl)c2)C1c1ccccc1F. The number of Topliss-reactive ketones (excluding diaryl/α,β-unsaturated/α-hetero) is 1. The molecule has 1 amide bonds. The first-order valence-corrected chi connectivity index (χ1v) is 8.99. The van der Waals surface area contributed by atoms with Crippen molar-refractivity contribution in [3.05, 3.63) is 75.2 Å². The molecule has 0 bridgehead atoms. The van der Waals surface area contributed by atoms with Crippen LogP contribution in [0.1, 0.15) is 25.5 Å². The zero-order chi connectivity index (χ0) is 19.9. The Balaban J connectivity index is 2.25. The van der Waals surface area contributed by atoms with Crippen LogP contribution in [-0.4, -0.2) is 16.8 Å². The molecule has 1 heterocycles. The van der Waals surface area contributed by atoms with Crippen LogP contribution < -0.4 is 4.90 Å². The van der Waals surface area contributed by atoms with E-state index in [1.54, 1.807) is 19.9 Å². The standard InChI is InChI=1S/C20H16Cl2FNO3/c1-10(2)18(25)16-17(14-5-3-4-6-15(14)23)24(20(27)19(16)26)13-8-11(21)7-12(22)9-13/h3-10,17,26H,1-2H3. The summed E-state index contributed by atoms with van der Waals surface area (Å²) in [5.41, 5.74) is 0.204. The van der Waals surface area contributed by atoms with Crippen molar-refractivity contribution in [1.29, 1.82) is 0 Å². The molecule has 140 valence electrons. The maximum Gasteiger partial charge on any atom is 0.294 e. The maximum atomic E-state index is 14.6. The van der Waals surface area contributed by atoms with Gasteiger partial charge in [0.15, 0.2) is 11.5 Å². The largest absolute Gasteiger partial charge is 0.503 e. The average Bonchev–Trinajstić information content (AvgIpc) is 2.85. The van der Waals surface area contributed by atoms with Gasteiger partial charge in [0.2, 0.25) is 0 Å². The number of rotatable bonds is 4. The summed E-state index contributed by atoms with van der Waals surface area (Å²) < 4.78 is 14.6. The molecule has 0 radical (unpaired) electrons. The molecule has 4 nitrogen and oxygen atoms in total. The lowest BCUT2D eigenvalue weighted by Crippen LogP contribution is -2.32. The highest BCUT2D eigenvalue weighted by molar-refractivity contribution is 6.35. The van der Waals surface area contributed by atoms with Gasteiger partial charge in [-0.3, -0.25) is 14.5 Å². The summed E-state index contributed by atoms with van der Waals surface area (Å²) >= 11 is 12.1. The van der Waals surface area contributed by atoms with Crippen LogP contribution >= 0.6 is 23.2 Å². The van der Waals surface area contributed by atoms with Gasteiger partial charge < -0.3 is 5.11 Å². The van der Waals surface area contributed by atoms with E-state index in [9.17, 15) is 19.1 Å². The third kappa shape index (κ3) is 3.45. The molecule has 0 aliphatic carbocycles. The smallest absolute Gasteiger partial charge is 0.294 e. The minimum atomic E-state index is -1.12. The third-order valence-corrected chi connectivity index (χ3v) is 4.76. The molecule has 3 rings (SSSR count). The van der Waals surface area contributed by atoms with E-state index in [4.69, 9.17) is 23.2 Å². The molecule has 1 aliphatic rings. The van der Waals surface area contributed by atoms with E-state index in [0.717, 1.165) is 4.90 Å². The fraction of sp³-hybridized carbons (Fsp3) is 0.200. The second kappa shape index (κ2) is 7.33. The van der Waals surface area contributed by atoms with Crippen LogP contribution in [0.2, 0.25) is 10.0 Å². The van der Waals surface area contributed by atoms with Gasteiger partial charge in [0.05, 0.1) is 11.6 Å². The fourth-order valence-corrected chi connectivity index (χ4v) is 3.62. The molecular weight excluding hydrogens is 392 g/mol. The van der Waals surface area contributed by atoms with Gasteiger partial charge in [0.25, 0.3) is 5.91 Å². The highest BCUT2D eigenvalue weighted by atomic mass is 35.5. The van der Waals surface area contributed by atoms with Crippen molar-refractivity contribution >= 4 is 40.6 Å². The van der Waals surface area contributed by atoms with Gasteiger partial charge in [-0.05, 0) is 24.3 Å². The summed E-state index contributed by atoms with van der Waals surface area (Å²) in [6.45, 7) is 3.29. The summed E-state index contributed by atoms with van der Waals surface area (Å²) in [6, 6.07) is 9.10. The number of carbonyl (C=O) groups excluding carboxylic acids is 2. The zero-order valence-electron chi connectivity index (χ0n) is 14.5. The number of aliphatic hydroxyl groups is 1. The maximum absolute atomic E-state index is 14.6. The normalized spacial score (nSPS) is 17.2. The first-order valence-electron chi connectivity index (χ1n) is 8.23. The number of hydrogen-bond donors (Lipinski definition) is 1. The van der Waals surface area contributed by atoms with E-state index in [1.807, 2.05) is 0 Å². The third-order valence-electron chi connectivity index (χ3n) is 4.32. The van der Waals surface area contributed by atoms with Crippen molar-refractivity contribution in [2.75, 3.05) is 4.90 Å². The van der Waals surface area contributed by atoms with Crippen LogP contribution in [0.3, 0.4) is 0 Å². The molecule has 1 N–H and O–H groups in total. The Hall–Kier alpha value is -2.37. The van der Waals surface area contributed by atoms with E-state index in [-0.39, 0.29) is 26.9 Å². The average molecular weight is 408 g/mol. The molecular formula is C20H16Cl2FNO3. The molecule has 7 heteroatoms. The van der Waals surface area contributed by atoms with Gasteiger partial charge in [0, 0.05) is 27.2 Å². The van der Waals surface area contributed by atoms with Crippen LogP contribution in [-0.2, 0) is 9.59 Å². The number of anilines is 1. The van der Waals surface area contributed by atoms with Crippen LogP contribution in [0.5, 0.6) is 0 Å². The Bertz CT molecular complexity index is 951. The van der Waals surface area contributed by atoms with E-state index in [0.29, 0.717) is 0 Å². The number of ketones is 1. The Morgan fingerprint density at radius 3 is 2.30 bits per heavy atom. The van der Waals surface area contributed by atoms with Gasteiger partial charge in [-0.2, -0.15) is 0 Å². The molecule has 2 aromatic carbocycles. The van der Waals surface area contributed by atoms with E-state index in [1.165, 1.54) is 36.4 Å². The number of halogens is 3. The lowest BCUT2D eigenvalue weighted by molar-refractivity contribution is -0.119. The number of carbonyl (C=O) groups is 2. The predicted molar refractivity (Wildman–Crippen MR) is 103 cm³/mol. The fourth-order valence-electron chi connectivity index (χ4n) is 3.10. The summed E-state index contributed by atoms with van der Waals surface area (Å²) in [7, 11) is 0. The van der Waals surface area contributed by atoms with Crippen LogP contribution in [0.15, 0.2) is 53.8 Å². The molecule has 0 fully saturated rings. The van der Waals surface area contributed by atoms with Gasteiger partial charge in [-0.25, -0.2) is 4.39 Å². The number of nitrogens with zero attached hydrogens (tertiary/aromatic N) is 1. The summed E-state index contributed by atoms with van der Waals surface area (Å²) in [4.78, 5) is 26.7. The Labute approximate surface area is 165 Å². The summed E-state index contributed by atoms with van der Waals surface area (Å²) in [5, 5.41) is 11.0. The quantitative estimate of drug-likeness (QED) is 0.751. The second-order valence-corrected chi connectivity index (χ2v) is 7.38. The van der Waals surface area contributed by atoms with Crippen LogP contribution in [0.25, 0.3) is 0 Å². The van der Waals surface area contributed by atoms with Gasteiger partial charge in [-0.1, -0.05) is 55.2 Å². The molecule has 0 saturated carbocycles. The zero-order valence-corrected chi connectivity index (χ0v) is 16.1. The molecule has 0 spiro atoms. The van der Waals surface area contributed by atoms with E-state index >= 15 is 0 Å². The summed E-state index contributed by atoms with van der Waals surface area (Å²) in [5.74, 6) is -3.04. The number of hydrogen-bond acceptors (Lipinski definition) is 3. The monoisotopic (exact) mass is 407 g/mol. The molecule has 2 aromatic rings. The minimum absolute atomic E-state index is 0.0926. The van der Waals surface area contributed by atoms with Gasteiger partial charge in [0.1, 0.15) is 5.82 Å². The molecule has 0 saturated heterocycles. The number of amides is 1. The van der Waals surface area contributed by atoms with Crippen molar-refractivity contribution in [3.8, 4) is 0 Å². The lowest BCUT2D eigenvalue weighted by Gasteiger charge is -2.28. The lowest BCUT2D eigenvalue weighted by atomic mass is 9.91. The number of benzene rings is 2. The van der Waals surface area contributed by atoms with Crippen molar-refractivity contribution in [2.45, 2.75) is 19.9 Å². The van der Waals surface area contributed by atoms with Gasteiger partial charge >= 0.3 is 0 Å². The van der Waals surface area contributed by atoms with Crippen molar-refractivity contribution in [1.82, 2.24) is 0 Å². The minimum Gasteiger partial charge on any atom is -0.503 e. The highest BCUT2D eigenvalue weighted by Crippen LogP contribution is 2.43. The van der Waals surface area contributed by atoms with E-state index in [2.05, 4.69) is 0 Å². The molecule has 1 aliphatic heterocycles. The highest BCUT2D eigenvalue weighted by Gasteiger charge is 2.45. The molecule has 1 atom stereocenters. The first-order chi connectivity index (χ1) is 12.7. The van der Waals surface area contributed by atoms with Crippen molar-refractivity contribution in [3.63, 3.8) is 0 Å². The Morgan fingerprint density at radius 1 is 1.15 bits per heavy atom. The van der Waals surface area contributed by atoms with Crippen molar-refractivity contribution in [2.24, 2.45) is 5.92 Å². The number of aliphatic hydroxyl groups excluding tert-OH is 1. The second-order valence-electron chi connectivity index (χ2n) is 6.51. The molecule has 1 unspecified atom stereocenters. The van der Waals surface area contributed by atoms with E-state index < -0.39 is 35.2 Å². The van der Waals surface area contributed by atoms with Crippen molar-refractivity contribution < 1.29 is 19.1 Å². The Kier molecular flexibility index (Phi) is 5.27. The topological polar surface area (TPSA) is 57.6 Å². The Morgan fingerprint density at radius 2 is 1.74 bits per heavy atom.